The summed E-state index contributed by atoms with van der Waals surface area (Å²) in [5, 5.41) is 3.41. The first-order valence-corrected chi connectivity index (χ1v) is 7.94. The van der Waals surface area contributed by atoms with Gasteiger partial charge in [0.1, 0.15) is 11.6 Å². The summed E-state index contributed by atoms with van der Waals surface area (Å²) in [7, 11) is 1.74. The van der Waals surface area contributed by atoms with Crippen molar-refractivity contribution in [2.75, 3.05) is 25.6 Å². The van der Waals surface area contributed by atoms with Crippen molar-refractivity contribution in [2.45, 2.75) is 57.8 Å². The first kappa shape index (κ1) is 15.2. The summed E-state index contributed by atoms with van der Waals surface area (Å²) in [6.07, 6.45) is 8.23. The minimum Gasteiger partial charge on any atom is -0.385 e. The summed E-state index contributed by atoms with van der Waals surface area (Å²) in [5.41, 5.74) is 1.24. The van der Waals surface area contributed by atoms with Crippen molar-refractivity contribution in [2.24, 2.45) is 0 Å². The molecule has 0 spiro atoms. The summed E-state index contributed by atoms with van der Waals surface area (Å²) < 4.78 is 5.12. The van der Waals surface area contributed by atoms with Gasteiger partial charge in [0.15, 0.2) is 0 Å². The van der Waals surface area contributed by atoms with Crippen molar-refractivity contribution >= 4 is 5.82 Å². The second kappa shape index (κ2) is 8.20. The van der Waals surface area contributed by atoms with Gasteiger partial charge in [-0.25, -0.2) is 9.97 Å². The molecule has 4 nitrogen and oxygen atoms in total. The van der Waals surface area contributed by atoms with E-state index < -0.39 is 0 Å². The number of methoxy groups -OCH3 is 1. The molecular formula is C16H27N3O. The quantitative estimate of drug-likeness (QED) is 0.738. The average Bonchev–Trinajstić information content (AvgIpc) is 2.99. The van der Waals surface area contributed by atoms with E-state index in [1.54, 1.807) is 7.11 Å². The predicted octanol–water partition coefficient (Wildman–Crippen LogP) is 3.54. The number of aromatic nitrogens is 2. The van der Waals surface area contributed by atoms with Crippen molar-refractivity contribution in [1.82, 2.24) is 9.97 Å². The van der Waals surface area contributed by atoms with Crippen LogP contribution in [0, 0.1) is 0 Å². The van der Waals surface area contributed by atoms with Crippen LogP contribution in [-0.4, -0.2) is 30.2 Å². The molecule has 1 aliphatic rings. The highest BCUT2D eigenvalue weighted by Gasteiger charge is 2.19. The Labute approximate surface area is 122 Å². The van der Waals surface area contributed by atoms with Crippen molar-refractivity contribution in [3.63, 3.8) is 0 Å². The zero-order chi connectivity index (χ0) is 14.2. The van der Waals surface area contributed by atoms with E-state index in [0.29, 0.717) is 5.92 Å². The predicted molar refractivity (Wildman–Crippen MR) is 82.2 cm³/mol. The van der Waals surface area contributed by atoms with E-state index in [-0.39, 0.29) is 0 Å². The van der Waals surface area contributed by atoms with Crippen LogP contribution in [0.4, 0.5) is 5.82 Å². The molecule has 1 fully saturated rings. The third kappa shape index (κ3) is 4.44. The van der Waals surface area contributed by atoms with Gasteiger partial charge in [0.05, 0.1) is 0 Å². The zero-order valence-corrected chi connectivity index (χ0v) is 12.8. The van der Waals surface area contributed by atoms with Crippen molar-refractivity contribution in [1.29, 1.82) is 0 Å². The van der Waals surface area contributed by atoms with Gasteiger partial charge in [-0.2, -0.15) is 0 Å². The van der Waals surface area contributed by atoms with Crippen LogP contribution in [0.2, 0.25) is 0 Å². The molecule has 0 aromatic carbocycles. The smallest absolute Gasteiger partial charge is 0.131 e. The van der Waals surface area contributed by atoms with Gasteiger partial charge >= 0.3 is 0 Å². The largest absolute Gasteiger partial charge is 0.385 e. The summed E-state index contributed by atoms with van der Waals surface area (Å²) in [5.74, 6) is 2.60. The number of aryl methyl sites for hydroxylation is 1. The minimum absolute atomic E-state index is 0.640. The Morgan fingerprint density at radius 3 is 2.80 bits per heavy atom. The van der Waals surface area contributed by atoms with E-state index in [4.69, 9.17) is 9.72 Å². The Balaban J connectivity index is 2.09. The van der Waals surface area contributed by atoms with E-state index in [1.165, 1.54) is 31.4 Å². The topological polar surface area (TPSA) is 47.0 Å². The summed E-state index contributed by atoms with van der Waals surface area (Å²) in [6, 6.07) is 2.16. The molecule has 0 bridgehead atoms. The Kier molecular flexibility index (Phi) is 6.25. The highest BCUT2D eigenvalue weighted by atomic mass is 16.5. The first-order chi connectivity index (χ1) is 9.83. The summed E-state index contributed by atoms with van der Waals surface area (Å²) >= 11 is 0. The SMILES string of the molecule is CCCNc1cc(C2CCCC2)nc(CCCOC)n1. The monoisotopic (exact) mass is 277 g/mol. The number of nitrogens with one attached hydrogen (secondary N) is 1. The molecule has 1 saturated carbocycles. The molecule has 0 aliphatic heterocycles. The molecule has 1 aliphatic carbocycles. The third-order valence-electron chi connectivity index (χ3n) is 3.87. The van der Waals surface area contributed by atoms with Crippen LogP contribution in [0.15, 0.2) is 6.07 Å². The van der Waals surface area contributed by atoms with Gasteiger partial charge in [0.2, 0.25) is 0 Å². The van der Waals surface area contributed by atoms with Crippen LogP contribution < -0.4 is 5.32 Å². The highest BCUT2D eigenvalue weighted by molar-refractivity contribution is 5.37. The van der Waals surface area contributed by atoms with Crippen LogP contribution in [0.1, 0.15) is 62.9 Å². The molecule has 0 saturated heterocycles. The zero-order valence-electron chi connectivity index (χ0n) is 12.8. The lowest BCUT2D eigenvalue weighted by atomic mass is 10.0. The molecule has 1 heterocycles. The average molecular weight is 277 g/mol. The molecule has 1 N–H and O–H groups in total. The number of anilines is 1. The third-order valence-corrected chi connectivity index (χ3v) is 3.87. The fourth-order valence-electron chi connectivity index (χ4n) is 2.78. The minimum atomic E-state index is 0.640. The van der Waals surface area contributed by atoms with E-state index >= 15 is 0 Å². The maximum absolute atomic E-state index is 5.12. The van der Waals surface area contributed by atoms with Gasteiger partial charge < -0.3 is 10.1 Å². The fraction of sp³-hybridized carbons (Fsp3) is 0.750. The molecule has 112 valence electrons. The molecule has 0 atom stereocenters. The van der Waals surface area contributed by atoms with E-state index in [0.717, 1.165) is 44.1 Å². The van der Waals surface area contributed by atoms with Crippen molar-refractivity contribution in [3.05, 3.63) is 17.6 Å². The Morgan fingerprint density at radius 2 is 2.10 bits per heavy atom. The normalized spacial score (nSPS) is 15.7. The van der Waals surface area contributed by atoms with Crippen LogP contribution in [-0.2, 0) is 11.2 Å². The molecule has 4 heteroatoms. The summed E-state index contributed by atoms with van der Waals surface area (Å²) in [4.78, 5) is 9.42. The number of ether oxygens (including phenoxy) is 1. The van der Waals surface area contributed by atoms with E-state index in [1.807, 2.05) is 0 Å². The molecule has 1 aromatic heterocycles. The van der Waals surface area contributed by atoms with Crippen LogP contribution in [0.25, 0.3) is 0 Å². The number of hydrogen-bond donors (Lipinski definition) is 1. The second-order valence-corrected chi connectivity index (χ2v) is 5.60. The van der Waals surface area contributed by atoms with E-state index in [2.05, 4.69) is 23.3 Å². The maximum atomic E-state index is 5.12. The van der Waals surface area contributed by atoms with Crippen molar-refractivity contribution in [3.8, 4) is 0 Å². The van der Waals surface area contributed by atoms with Crippen molar-refractivity contribution < 1.29 is 4.74 Å². The van der Waals surface area contributed by atoms with E-state index in [9.17, 15) is 0 Å². The van der Waals surface area contributed by atoms with Gasteiger partial charge in [-0.15, -0.1) is 0 Å². The lowest BCUT2D eigenvalue weighted by Crippen LogP contribution is -2.09. The lowest BCUT2D eigenvalue weighted by Gasteiger charge is -2.13. The molecule has 0 unspecified atom stereocenters. The number of hydrogen-bond acceptors (Lipinski definition) is 4. The molecule has 2 rings (SSSR count). The Morgan fingerprint density at radius 1 is 1.30 bits per heavy atom. The standard InChI is InChI=1S/C16H27N3O/c1-3-10-17-16-12-14(13-7-4-5-8-13)18-15(19-16)9-6-11-20-2/h12-13H,3-11H2,1-2H3,(H,17,18,19). The molecule has 1 aromatic rings. The number of rotatable bonds is 8. The van der Waals surface area contributed by atoms with Crippen LogP contribution >= 0.6 is 0 Å². The van der Waals surface area contributed by atoms with Crippen LogP contribution in [0.3, 0.4) is 0 Å². The van der Waals surface area contributed by atoms with Gasteiger partial charge in [-0.1, -0.05) is 19.8 Å². The Hall–Kier alpha value is -1.16. The molecule has 0 amide bonds. The fourth-order valence-corrected chi connectivity index (χ4v) is 2.78. The molecule has 0 radical (unpaired) electrons. The first-order valence-electron chi connectivity index (χ1n) is 7.94. The van der Waals surface area contributed by atoms with Gasteiger partial charge in [-0.3, -0.25) is 0 Å². The molecule has 20 heavy (non-hydrogen) atoms. The lowest BCUT2D eigenvalue weighted by molar-refractivity contribution is 0.194. The van der Waals surface area contributed by atoms with Gasteiger partial charge in [0.25, 0.3) is 0 Å². The van der Waals surface area contributed by atoms with Gasteiger partial charge in [0, 0.05) is 44.4 Å². The highest BCUT2D eigenvalue weighted by Crippen LogP contribution is 2.33. The maximum Gasteiger partial charge on any atom is 0.131 e. The summed E-state index contributed by atoms with van der Waals surface area (Å²) in [6.45, 7) is 3.92. The second-order valence-electron chi connectivity index (χ2n) is 5.60. The van der Waals surface area contributed by atoms with Crippen LogP contribution in [0.5, 0.6) is 0 Å². The molecular weight excluding hydrogens is 250 g/mol. The Bertz CT molecular complexity index is 403. The number of nitrogens with zero attached hydrogens (tertiary/aromatic N) is 2. The van der Waals surface area contributed by atoms with Gasteiger partial charge in [-0.05, 0) is 25.7 Å².